The summed E-state index contributed by atoms with van der Waals surface area (Å²) in [6.45, 7) is 6.28. The minimum absolute atomic E-state index is 0.123. The van der Waals surface area contributed by atoms with Gasteiger partial charge in [-0.1, -0.05) is 25.8 Å². The van der Waals surface area contributed by atoms with Gasteiger partial charge < -0.3 is 15.5 Å². The van der Waals surface area contributed by atoms with Gasteiger partial charge in [-0.15, -0.1) is 0 Å². The second kappa shape index (κ2) is 11.1. The van der Waals surface area contributed by atoms with E-state index in [0.29, 0.717) is 18.1 Å². The van der Waals surface area contributed by atoms with Gasteiger partial charge in [-0.25, -0.2) is 4.98 Å². The van der Waals surface area contributed by atoms with Crippen LogP contribution in [-0.2, 0) is 11.2 Å². The van der Waals surface area contributed by atoms with Crippen molar-refractivity contribution in [1.29, 1.82) is 5.26 Å². The fourth-order valence-electron chi connectivity index (χ4n) is 4.56. The first-order valence-corrected chi connectivity index (χ1v) is 12.0. The highest BCUT2D eigenvalue weighted by Gasteiger charge is 2.26. The van der Waals surface area contributed by atoms with Gasteiger partial charge in [0.1, 0.15) is 5.82 Å². The lowest BCUT2D eigenvalue weighted by Crippen LogP contribution is -2.44. The van der Waals surface area contributed by atoms with Gasteiger partial charge >= 0.3 is 0 Å². The normalized spacial score (nSPS) is 18.7. The topological polar surface area (TPSA) is 97.2 Å². The van der Waals surface area contributed by atoms with Crippen molar-refractivity contribution in [2.75, 3.05) is 42.9 Å². The number of carbonyl (C=O) groups is 1. The Balaban J connectivity index is 1.41. The number of benzene rings is 1. The van der Waals surface area contributed by atoms with Crippen LogP contribution in [0.5, 0.6) is 0 Å². The monoisotopic (exact) mass is 447 g/mol. The zero-order valence-corrected chi connectivity index (χ0v) is 19.4. The van der Waals surface area contributed by atoms with E-state index in [0.717, 1.165) is 62.6 Å². The average Bonchev–Trinajstić information content (AvgIpc) is 3.28. The molecule has 0 spiro atoms. The molecule has 8 heteroatoms. The maximum absolute atomic E-state index is 12.5. The summed E-state index contributed by atoms with van der Waals surface area (Å²) in [4.78, 5) is 26.4. The van der Waals surface area contributed by atoms with E-state index >= 15 is 0 Å². The van der Waals surface area contributed by atoms with Crippen molar-refractivity contribution < 1.29 is 4.79 Å². The van der Waals surface area contributed by atoms with Gasteiger partial charge in [0.2, 0.25) is 11.9 Å². The van der Waals surface area contributed by atoms with E-state index in [1.54, 1.807) is 12.1 Å². The second-order valence-electron chi connectivity index (χ2n) is 8.94. The molecule has 1 unspecified atom stereocenters. The number of nitrogens with zero attached hydrogens (tertiary/aromatic N) is 5. The van der Waals surface area contributed by atoms with Crippen LogP contribution >= 0.6 is 0 Å². The maximum Gasteiger partial charge on any atom is 0.234 e. The van der Waals surface area contributed by atoms with Crippen LogP contribution < -0.4 is 15.5 Å². The SMILES string of the molecule is CCCc1cc(N2CCC(NC(=O)CN3CCCCC3)C2)nc(Nc2cccc(C#N)c2)n1. The number of nitriles is 1. The Labute approximate surface area is 196 Å². The van der Waals surface area contributed by atoms with Gasteiger partial charge in [0.25, 0.3) is 0 Å². The smallest absolute Gasteiger partial charge is 0.234 e. The molecular weight excluding hydrogens is 414 g/mol. The average molecular weight is 448 g/mol. The number of likely N-dealkylation sites (tertiary alicyclic amines) is 1. The Morgan fingerprint density at radius 2 is 2.03 bits per heavy atom. The number of anilines is 3. The molecule has 8 nitrogen and oxygen atoms in total. The molecule has 1 aromatic heterocycles. The number of hydrogen-bond donors (Lipinski definition) is 2. The molecule has 0 bridgehead atoms. The van der Waals surface area contributed by atoms with Gasteiger partial charge in [0.05, 0.1) is 18.2 Å². The molecular formula is C25H33N7O. The summed E-state index contributed by atoms with van der Waals surface area (Å²) in [5.74, 6) is 1.53. The molecule has 33 heavy (non-hydrogen) atoms. The first-order valence-electron chi connectivity index (χ1n) is 12.0. The lowest BCUT2D eigenvalue weighted by molar-refractivity contribution is -0.123. The Morgan fingerprint density at radius 1 is 1.18 bits per heavy atom. The number of amides is 1. The van der Waals surface area contributed by atoms with Crippen LogP contribution in [0.15, 0.2) is 30.3 Å². The van der Waals surface area contributed by atoms with E-state index in [1.165, 1.54) is 19.3 Å². The van der Waals surface area contributed by atoms with E-state index in [4.69, 9.17) is 10.2 Å². The summed E-state index contributed by atoms with van der Waals surface area (Å²) in [7, 11) is 0. The molecule has 2 saturated heterocycles. The summed E-state index contributed by atoms with van der Waals surface area (Å²) in [6, 6.07) is 11.7. The third-order valence-corrected chi connectivity index (χ3v) is 6.21. The van der Waals surface area contributed by atoms with Crippen molar-refractivity contribution in [3.05, 3.63) is 41.6 Å². The zero-order valence-electron chi connectivity index (χ0n) is 19.4. The number of nitrogens with one attached hydrogen (secondary N) is 2. The lowest BCUT2D eigenvalue weighted by Gasteiger charge is -2.26. The minimum atomic E-state index is 0.123. The van der Waals surface area contributed by atoms with Crippen LogP contribution in [0.3, 0.4) is 0 Å². The van der Waals surface area contributed by atoms with Crippen molar-refractivity contribution in [2.24, 2.45) is 0 Å². The molecule has 1 aromatic carbocycles. The van der Waals surface area contributed by atoms with Crippen molar-refractivity contribution in [3.63, 3.8) is 0 Å². The molecule has 2 N–H and O–H groups in total. The molecule has 174 valence electrons. The van der Waals surface area contributed by atoms with E-state index < -0.39 is 0 Å². The van der Waals surface area contributed by atoms with Crippen molar-refractivity contribution in [2.45, 2.75) is 51.5 Å². The van der Waals surface area contributed by atoms with Gasteiger partial charge in [0.15, 0.2) is 0 Å². The summed E-state index contributed by atoms with van der Waals surface area (Å²) in [5.41, 5.74) is 2.37. The number of aryl methyl sites for hydroxylation is 1. The Morgan fingerprint density at radius 3 is 2.82 bits per heavy atom. The van der Waals surface area contributed by atoms with E-state index in [1.807, 2.05) is 12.1 Å². The van der Waals surface area contributed by atoms with E-state index in [-0.39, 0.29) is 11.9 Å². The molecule has 4 rings (SSSR count). The van der Waals surface area contributed by atoms with Crippen LogP contribution in [-0.4, -0.2) is 59.5 Å². The lowest BCUT2D eigenvalue weighted by atomic mass is 10.1. The number of piperidine rings is 1. The Hall–Kier alpha value is -3.18. The molecule has 0 saturated carbocycles. The molecule has 2 fully saturated rings. The molecule has 0 aliphatic carbocycles. The highest BCUT2D eigenvalue weighted by atomic mass is 16.2. The number of carbonyl (C=O) groups excluding carboxylic acids is 1. The van der Waals surface area contributed by atoms with Crippen molar-refractivity contribution in [3.8, 4) is 6.07 Å². The van der Waals surface area contributed by atoms with Gasteiger partial charge in [0, 0.05) is 36.6 Å². The first-order chi connectivity index (χ1) is 16.1. The third kappa shape index (κ3) is 6.42. The number of aromatic nitrogens is 2. The van der Waals surface area contributed by atoms with E-state index in [9.17, 15) is 4.79 Å². The van der Waals surface area contributed by atoms with Gasteiger partial charge in [-0.2, -0.15) is 10.2 Å². The minimum Gasteiger partial charge on any atom is -0.354 e. The van der Waals surface area contributed by atoms with Crippen LogP contribution in [0.25, 0.3) is 0 Å². The van der Waals surface area contributed by atoms with Gasteiger partial charge in [-0.3, -0.25) is 9.69 Å². The summed E-state index contributed by atoms with van der Waals surface area (Å²) >= 11 is 0. The van der Waals surface area contributed by atoms with Crippen molar-refractivity contribution >= 4 is 23.4 Å². The van der Waals surface area contributed by atoms with Crippen LogP contribution in [0.1, 0.15) is 50.3 Å². The van der Waals surface area contributed by atoms with E-state index in [2.05, 4.69) is 44.5 Å². The maximum atomic E-state index is 12.5. The molecule has 2 aromatic rings. The first kappa shape index (κ1) is 23.0. The number of rotatable bonds is 8. The predicted molar refractivity (Wildman–Crippen MR) is 130 cm³/mol. The Bertz CT molecular complexity index is 996. The quantitative estimate of drug-likeness (QED) is 0.641. The molecule has 2 aliphatic heterocycles. The summed E-state index contributed by atoms with van der Waals surface area (Å²) in [5, 5.41) is 15.6. The molecule has 3 heterocycles. The highest BCUT2D eigenvalue weighted by molar-refractivity contribution is 5.78. The fraction of sp³-hybridized carbons (Fsp3) is 0.520. The Kier molecular flexibility index (Phi) is 7.74. The van der Waals surface area contributed by atoms with Crippen LogP contribution in [0.2, 0.25) is 0 Å². The highest BCUT2D eigenvalue weighted by Crippen LogP contribution is 2.23. The fourth-order valence-corrected chi connectivity index (χ4v) is 4.56. The molecule has 2 aliphatic rings. The van der Waals surface area contributed by atoms with Gasteiger partial charge in [-0.05, 0) is 57.0 Å². The summed E-state index contributed by atoms with van der Waals surface area (Å²) in [6.07, 6.45) is 6.42. The predicted octanol–water partition coefficient (Wildman–Crippen LogP) is 3.23. The largest absolute Gasteiger partial charge is 0.354 e. The molecule has 0 radical (unpaired) electrons. The standard InChI is InChI=1S/C25H33N7O/c1-2-7-20-15-23(30-25(28-20)29-21-9-6-8-19(14-21)16-26)32-13-10-22(17-32)27-24(33)18-31-11-4-3-5-12-31/h6,8-9,14-15,22H,2-5,7,10-13,17-18H2,1H3,(H,27,33)(H,28,29,30). The zero-order chi connectivity index (χ0) is 23.0. The van der Waals surface area contributed by atoms with Crippen LogP contribution in [0, 0.1) is 11.3 Å². The van der Waals surface area contributed by atoms with Crippen LogP contribution in [0.4, 0.5) is 17.5 Å². The van der Waals surface area contributed by atoms with Crippen molar-refractivity contribution in [1.82, 2.24) is 20.2 Å². The third-order valence-electron chi connectivity index (χ3n) is 6.21. The second-order valence-corrected chi connectivity index (χ2v) is 8.94. The number of hydrogen-bond acceptors (Lipinski definition) is 7. The molecule has 1 amide bonds. The summed E-state index contributed by atoms with van der Waals surface area (Å²) < 4.78 is 0. The molecule has 1 atom stereocenters.